The van der Waals surface area contributed by atoms with Gasteiger partial charge in [-0.25, -0.2) is 9.36 Å². The molecule has 2 aromatic heterocycles. The Labute approximate surface area is 136 Å². The minimum Gasteiger partial charge on any atom is -0.394 e. The van der Waals surface area contributed by atoms with Crippen LogP contribution in [0.15, 0.2) is 0 Å². The molecule has 9 nitrogen and oxygen atoms in total. The number of nitrogen functional groups attached to an aromatic ring is 4. The molecule has 0 bridgehead atoms. The SMILES string of the molecule is CC(C)n1nc(CO)c(N)c1N.Cc1nn(C(C)C)c(N)c1N. The van der Waals surface area contributed by atoms with Gasteiger partial charge in [-0.1, -0.05) is 0 Å². The van der Waals surface area contributed by atoms with Gasteiger partial charge in [-0.05, 0) is 34.6 Å². The van der Waals surface area contributed by atoms with Crippen LogP contribution in [0.5, 0.6) is 0 Å². The van der Waals surface area contributed by atoms with Crippen molar-refractivity contribution in [1.82, 2.24) is 19.6 Å². The predicted molar refractivity (Wildman–Crippen MR) is 93.5 cm³/mol. The molecule has 0 atom stereocenters. The van der Waals surface area contributed by atoms with E-state index in [1.165, 1.54) is 0 Å². The number of aliphatic hydroxyl groups is 1. The van der Waals surface area contributed by atoms with E-state index in [1.807, 2.05) is 34.6 Å². The zero-order valence-corrected chi connectivity index (χ0v) is 14.4. The van der Waals surface area contributed by atoms with Gasteiger partial charge in [0, 0.05) is 12.1 Å². The second-order valence-electron chi connectivity index (χ2n) is 5.86. The topological polar surface area (TPSA) is 160 Å². The van der Waals surface area contributed by atoms with E-state index >= 15 is 0 Å². The largest absolute Gasteiger partial charge is 0.394 e. The number of nitrogens with two attached hydrogens (primary N) is 4. The summed E-state index contributed by atoms with van der Waals surface area (Å²) in [5, 5.41) is 17.0. The molecule has 0 aromatic carbocycles. The molecule has 0 unspecified atom stereocenters. The average Bonchev–Trinajstić information content (AvgIpc) is 2.92. The van der Waals surface area contributed by atoms with E-state index in [0.717, 1.165) is 5.69 Å². The molecular formula is C14H28N8O. The number of hydrogen-bond donors (Lipinski definition) is 5. The maximum Gasteiger partial charge on any atom is 0.145 e. The second-order valence-corrected chi connectivity index (χ2v) is 5.86. The van der Waals surface area contributed by atoms with Crippen molar-refractivity contribution in [3.8, 4) is 0 Å². The highest BCUT2D eigenvalue weighted by molar-refractivity contribution is 5.62. The van der Waals surface area contributed by atoms with Gasteiger partial charge in [0.05, 0.1) is 18.0 Å². The van der Waals surface area contributed by atoms with E-state index in [0.29, 0.717) is 28.7 Å². The van der Waals surface area contributed by atoms with Gasteiger partial charge in [0.25, 0.3) is 0 Å². The summed E-state index contributed by atoms with van der Waals surface area (Å²) in [6, 6.07) is 0.429. The lowest BCUT2D eigenvalue weighted by Gasteiger charge is -2.06. The van der Waals surface area contributed by atoms with E-state index in [2.05, 4.69) is 10.2 Å². The van der Waals surface area contributed by atoms with Crippen molar-refractivity contribution in [2.24, 2.45) is 0 Å². The van der Waals surface area contributed by atoms with Crippen molar-refractivity contribution in [3.63, 3.8) is 0 Å². The second kappa shape index (κ2) is 7.23. The molecule has 2 rings (SSSR count). The summed E-state index contributed by atoms with van der Waals surface area (Å²) in [4.78, 5) is 0. The molecule has 0 aliphatic carbocycles. The standard InChI is InChI=1S/C7H14N4O.C7H14N4/c1-4(2)11-7(9)6(8)5(3-12)10-11;1-4(2)11-7(9)6(8)5(3)10-11/h4,12H,3,8-9H2,1-2H3;4H,8-9H2,1-3H3. The number of hydrogen-bond acceptors (Lipinski definition) is 7. The first-order valence-corrected chi connectivity index (χ1v) is 7.44. The van der Waals surface area contributed by atoms with Gasteiger partial charge in [0.2, 0.25) is 0 Å². The molecule has 9 heteroatoms. The van der Waals surface area contributed by atoms with Crippen LogP contribution in [0.3, 0.4) is 0 Å². The highest BCUT2D eigenvalue weighted by Crippen LogP contribution is 2.22. The van der Waals surface area contributed by atoms with Gasteiger partial charge in [0.15, 0.2) is 0 Å². The summed E-state index contributed by atoms with van der Waals surface area (Å²) < 4.78 is 3.32. The molecule has 130 valence electrons. The Bertz CT molecular complexity index is 656. The van der Waals surface area contributed by atoms with Crippen molar-refractivity contribution in [2.75, 3.05) is 22.9 Å². The van der Waals surface area contributed by atoms with Gasteiger partial charge >= 0.3 is 0 Å². The van der Waals surface area contributed by atoms with E-state index in [1.54, 1.807) is 9.36 Å². The maximum absolute atomic E-state index is 8.83. The summed E-state index contributed by atoms with van der Waals surface area (Å²) in [5.74, 6) is 0.992. The van der Waals surface area contributed by atoms with Crippen molar-refractivity contribution < 1.29 is 5.11 Å². The Morgan fingerprint density at radius 2 is 1.30 bits per heavy atom. The van der Waals surface area contributed by atoms with E-state index < -0.39 is 0 Å². The predicted octanol–water partition coefficient (Wildman–Crippen LogP) is 1.06. The van der Waals surface area contributed by atoms with Crippen LogP contribution >= 0.6 is 0 Å². The molecule has 0 aliphatic heterocycles. The smallest absolute Gasteiger partial charge is 0.145 e. The highest BCUT2D eigenvalue weighted by Gasteiger charge is 2.13. The minimum absolute atomic E-state index is 0.160. The Hall–Kier alpha value is -2.42. The van der Waals surface area contributed by atoms with E-state index in [9.17, 15) is 0 Å². The zero-order chi connectivity index (χ0) is 17.9. The fourth-order valence-electron chi connectivity index (χ4n) is 1.99. The molecule has 0 radical (unpaired) electrons. The van der Waals surface area contributed by atoms with Crippen molar-refractivity contribution in [3.05, 3.63) is 11.4 Å². The molecule has 0 fully saturated rings. The lowest BCUT2D eigenvalue weighted by Crippen LogP contribution is -2.07. The van der Waals surface area contributed by atoms with Crippen LogP contribution in [0, 0.1) is 6.92 Å². The molecule has 23 heavy (non-hydrogen) atoms. The number of aromatic nitrogens is 4. The fourth-order valence-corrected chi connectivity index (χ4v) is 1.99. The van der Waals surface area contributed by atoms with Gasteiger partial charge in [-0.15, -0.1) is 0 Å². The Kier molecular flexibility index (Phi) is 5.85. The first kappa shape index (κ1) is 18.6. The molecular weight excluding hydrogens is 296 g/mol. The number of nitrogens with zero attached hydrogens (tertiary/aromatic N) is 4. The van der Waals surface area contributed by atoms with Crippen molar-refractivity contribution in [2.45, 2.75) is 53.3 Å². The first-order valence-electron chi connectivity index (χ1n) is 7.44. The Morgan fingerprint density at radius 1 is 0.870 bits per heavy atom. The summed E-state index contributed by atoms with van der Waals surface area (Å²) in [7, 11) is 0. The Morgan fingerprint density at radius 3 is 1.52 bits per heavy atom. The van der Waals surface area contributed by atoms with Crippen LogP contribution < -0.4 is 22.9 Å². The first-order chi connectivity index (χ1) is 10.6. The molecule has 0 saturated heterocycles. The third kappa shape index (κ3) is 3.86. The monoisotopic (exact) mass is 324 g/mol. The van der Waals surface area contributed by atoms with Crippen LogP contribution in [0.25, 0.3) is 0 Å². The highest BCUT2D eigenvalue weighted by atomic mass is 16.3. The minimum atomic E-state index is -0.171. The molecule has 0 amide bonds. The van der Waals surface area contributed by atoms with Gasteiger partial charge in [-0.2, -0.15) is 10.2 Å². The van der Waals surface area contributed by atoms with Crippen LogP contribution in [0.1, 0.15) is 51.2 Å². The average molecular weight is 324 g/mol. The molecule has 0 saturated carbocycles. The summed E-state index contributed by atoms with van der Waals surface area (Å²) in [5.41, 5.74) is 24.8. The molecule has 0 spiro atoms. The summed E-state index contributed by atoms with van der Waals surface area (Å²) in [6.45, 7) is 9.61. The Balaban J connectivity index is 0.000000231. The van der Waals surface area contributed by atoms with Crippen LogP contribution in [0.4, 0.5) is 23.0 Å². The van der Waals surface area contributed by atoms with Gasteiger partial charge in [-0.3, -0.25) is 0 Å². The normalized spacial score (nSPS) is 11.0. The van der Waals surface area contributed by atoms with Crippen LogP contribution in [-0.2, 0) is 6.61 Å². The number of aliphatic hydroxyl groups excluding tert-OH is 1. The van der Waals surface area contributed by atoms with Gasteiger partial charge in [0.1, 0.15) is 23.0 Å². The molecule has 0 aliphatic rings. The van der Waals surface area contributed by atoms with Crippen LogP contribution in [0.2, 0.25) is 0 Å². The zero-order valence-electron chi connectivity index (χ0n) is 14.4. The molecule has 2 heterocycles. The van der Waals surface area contributed by atoms with Crippen molar-refractivity contribution >= 4 is 23.0 Å². The fraction of sp³-hybridized carbons (Fsp3) is 0.571. The van der Waals surface area contributed by atoms with Crippen molar-refractivity contribution in [1.29, 1.82) is 0 Å². The maximum atomic E-state index is 8.83. The molecule has 2 aromatic rings. The molecule has 9 N–H and O–H groups in total. The third-order valence-corrected chi connectivity index (χ3v) is 3.36. The van der Waals surface area contributed by atoms with E-state index in [-0.39, 0.29) is 18.7 Å². The number of aryl methyl sites for hydroxylation is 1. The lowest BCUT2D eigenvalue weighted by molar-refractivity contribution is 0.275. The number of anilines is 4. The summed E-state index contributed by atoms with van der Waals surface area (Å²) in [6.07, 6.45) is 0. The number of rotatable bonds is 3. The van der Waals surface area contributed by atoms with Gasteiger partial charge < -0.3 is 28.0 Å². The lowest BCUT2D eigenvalue weighted by atomic mass is 10.3. The quantitative estimate of drug-likeness (QED) is 0.564. The third-order valence-electron chi connectivity index (χ3n) is 3.36. The van der Waals surface area contributed by atoms with E-state index in [4.69, 9.17) is 28.0 Å². The summed E-state index contributed by atoms with van der Waals surface area (Å²) >= 11 is 0. The van der Waals surface area contributed by atoms with Crippen LogP contribution in [-0.4, -0.2) is 24.7 Å².